The van der Waals surface area contributed by atoms with E-state index in [0.29, 0.717) is 17.3 Å². The van der Waals surface area contributed by atoms with Crippen molar-refractivity contribution in [3.05, 3.63) is 75.8 Å². The lowest BCUT2D eigenvalue weighted by Crippen LogP contribution is -2.26. The summed E-state index contributed by atoms with van der Waals surface area (Å²) in [5, 5.41) is 2.78. The average Bonchev–Trinajstić information content (AvgIpc) is 2.55. The van der Waals surface area contributed by atoms with Gasteiger partial charge in [0.15, 0.2) is 0 Å². The zero-order valence-electron chi connectivity index (χ0n) is 13.9. The van der Waals surface area contributed by atoms with Gasteiger partial charge in [0.2, 0.25) is 0 Å². The zero-order valence-corrected chi connectivity index (χ0v) is 13.9. The van der Waals surface area contributed by atoms with Gasteiger partial charge in [-0.25, -0.2) is 4.98 Å². The fourth-order valence-corrected chi connectivity index (χ4v) is 2.51. The van der Waals surface area contributed by atoms with Gasteiger partial charge in [0.1, 0.15) is 11.2 Å². The first kappa shape index (κ1) is 15.9. The molecule has 1 N–H and O–H groups in total. The molecule has 0 spiro atoms. The summed E-state index contributed by atoms with van der Waals surface area (Å²) >= 11 is 0. The monoisotopic (exact) mass is 321 g/mol. The lowest BCUT2D eigenvalue weighted by molar-refractivity contribution is 0.102. The molecule has 3 rings (SSSR count). The second kappa shape index (κ2) is 6.28. The number of carbonyl (C=O) groups excluding carboxylic acids is 1. The molecule has 3 aromatic rings. The fraction of sp³-hybridized carbons (Fsp3) is 0.211. The fourth-order valence-electron chi connectivity index (χ4n) is 2.51. The lowest BCUT2D eigenvalue weighted by atomic mass is 10.0. The largest absolute Gasteiger partial charge is 0.322 e. The average molecular weight is 321 g/mol. The number of hydrogen-bond acceptors (Lipinski definition) is 3. The normalized spacial score (nSPS) is 11.0. The van der Waals surface area contributed by atoms with Gasteiger partial charge < -0.3 is 5.32 Å². The zero-order chi connectivity index (χ0) is 17.3. The van der Waals surface area contributed by atoms with E-state index in [4.69, 9.17) is 0 Å². The van der Waals surface area contributed by atoms with Crippen molar-refractivity contribution in [3.63, 3.8) is 0 Å². The van der Waals surface area contributed by atoms with E-state index in [1.165, 1.54) is 10.6 Å². The highest BCUT2D eigenvalue weighted by Crippen LogP contribution is 2.18. The van der Waals surface area contributed by atoms with Gasteiger partial charge in [0.05, 0.1) is 0 Å². The first-order valence-corrected chi connectivity index (χ1v) is 7.85. The molecule has 0 aliphatic rings. The van der Waals surface area contributed by atoms with Gasteiger partial charge in [-0.3, -0.25) is 14.0 Å². The van der Waals surface area contributed by atoms with Gasteiger partial charge in [0.25, 0.3) is 11.5 Å². The third-order valence-electron chi connectivity index (χ3n) is 3.92. The second-order valence-electron chi connectivity index (χ2n) is 6.14. The van der Waals surface area contributed by atoms with Crippen molar-refractivity contribution < 1.29 is 4.79 Å². The van der Waals surface area contributed by atoms with Crippen LogP contribution in [0.4, 0.5) is 5.69 Å². The molecule has 5 nitrogen and oxygen atoms in total. The van der Waals surface area contributed by atoms with Crippen molar-refractivity contribution in [1.29, 1.82) is 0 Å². The number of hydrogen-bond donors (Lipinski definition) is 1. The number of benzene rings is 1. The summed E-state index contributed by atoms with van der Waals surface area (Å²) in [7, 11) is 0. The molecular weight excluding hydrogens is 302 g/mol. The summed E-state index contributed by atoms with van der Waals surface area (Å²) in [6, 6.07) is 11.2. The Kier molecular flexibility index (Phi) is 4.16. The highest BCUT2D eigenvalue weighted by molar-refractivity contribution is 6.03. The Labute approximate surface area is 140 Å². The Morgan fingerprint density at radius 1 is 1.21 bits per heavy atom. The highest BCUT2D eigenvalue weighted by Gasteiger charge is 2.14. The first-order valence-electron chi connectivity index (χ1n) is 7.85. The van der Waals surface area contributed by atoms with Crippen molar-refractivity contribution in [3.8, 4) is 0 Å². The predicted octanol–water partition coefficient (Wildman–Crippen LogP) is 3.38. The van der Waals surface area contributed by atoms with Crippen LogP contribution < -0.4 is 10.9 Å². The third-order valence-corrected chi connectivity index (χ3v) is 3.92. The highest BCUT2D eigenvalue weighted by atomic mass is 16.2. The van der Waals surface area contributed by atoms with E-state index in [-0.39, 0.29) is 11.1 Å². The number of anilines is 1. The quantitative estimate of drug-likeness (QED) is 0.804. The molecule has 122 valence electrons. The van der Waals surface area contributed by atoms with Crippen LogP contribution in [0.15, 0.2) is 53.6 Å². The molecule has 0 saturated carbocycles. The number of aromatic nitrogens is 2. The minimum absolute atomic E-state index is 0.0197. The Hall–Kier alpha value is -2.95. The summed E-state index contributed by atoms with van der Waals surface area (Å²) in [5.41, 5.74) is 2.96. The third kappa shape index (κ3) is 3.06. The number of fused-ring (bicyclic) bond motifs is 1. The first-order chi connectivity index (χ1) is 11.5. The molecule has 2 aromatic heterocycles. The van der Waals surface area contributed by atoms with Crippen LogP contribution in [0.5, 0.6) is 0 Å². The molecule has 0 atom stereocenters. The minimum Gasteiger partial charge on any atom is -0.322 e. The number of carbonyl (C=O) groups is 1. The molecule has 0 radical (unpaired) electrons. The molecule has 0 aliphatic heterocycles. The van der Waals surface area contributed by atoms with Crippen molar-refractivity contribution in [2.45, 2.75) is 26.7 Å². The van der Waals surface area contributed by atoms with Gasteiger partial charge in [0, 0.05) is 18.1 Å². The summed E-state index contributed by atoms with van der Waals surface area (Å²) in [6.45, 7) is 6.10. The van der Waals surface area contributed by atoms with E-state index >= 15 is 0 Å². The summed E-state index contributed by atoms with van der Waals surface area (Å²) < 4.78 is 1.38. The molecule has 0 unspecified atom stereocenters. The maximum Gasteiger partial charge on any atom is 0.270 e. The SMILES string of the molecule is Cc1ccn2c(=O)c(C(=O)Nc3cccc(C(C)C)c3)cnc2c1. The standard InChI is InChI=1S/C19H19N3O2/c1-12(2)14-5-4-6-15(10-14)21-18(23)16-11-20-17-9-13(3)7-8-22(17)19(16)24/h4-12H,1-3H3,(H,21,23). The summed E-state index contributed by atoms with van der Waals surface area (Å²) in [6.07, 6.45) is 2.97. The van der Waals surface area contributed by atoms with Crippen LogP contribution in [0.2, 0.25) is 0 Å². The van der Waals surface area contributed by atoms with Gasteiger partial charge in [-0.15, -0.1) is 0 Å². The Bertz CT molecular complexity index is 974. The second-order valence-corrected chi connectivity index (χ2v) is 6.14. The molecule has 1 amide bonds. The maximum absolute atomic E-state index is 12.5. The molecule has 5 heteroatoms. The van der Waals surface area contributed by atoms with Crippen LogP contribution >= 0.6 is 0 Å². The number of amides is 1. The van der Waals surface area contributed by atoms with E-state index in [0.717, 1.165) is 11.1 Å². The van der Waals surface area contributed by atoms with Crippen molar-refractivity contribution >= 4 is 17.2 Å². The summed E-state index contributed by atoms with van der Waals surface area (Å²) in [4.78, 5) is 29.2. The van der Waals surface area contributed by atoms with Crippen LogP contribution in [-0.4, -0.2) is 15.3 Å². The van der Waals surface area contributed by atoms with Crippen LogP contribution in [0, 0.1) is 6.92 Å². The number of nitrogens with zero attached hydrogens (tertiary/aromatic N) is 2. The Morgan fingerprint density at radius 3 is 2.75 bits per heavy atom. The predicted molar refractivity (Wildman–Crippen MR) is 94.7 cm³/mol. The topological polar surface area (TPSA) is 63.5 Å². The Morgan fingerprint density at radius 2 is 2.00 bits per heavy atom. The van der Waals surface area contributed by atoms with Crippen LogP contribution in [0.25, 0.3) is 5.65 Å². The number of rotatable bonds is 3. The number of nitrogens with one attached hydrogen (secondary N) is 1. The number of aryl methyl sites for hydroxylation is 1. The Balaban J connectivity index is 1.94. The van der Waals surface area contributed by atoms with E-state index < -0.39 is 5.91 Å². The molecule has 0 bridgehead atoms. The molecule has 1 aromatic carbocycles. The van der Waals surface area contributed by atoms with Gasteiger partial charge >= 0.3 is 0 Å². The molecule has 2 heterocycles. The summed E-state index contributed by atoms with van der Waals surface area (Å²) in [5.74, 6) is -0.0959. The molecule has 0 fully saturated rings. The van der Waals surface area contributed by atoms with Crippen LogP contribution in [-0.2, 0) is 0 Å². The van der Waals surface area contributed by atoms with Crippen molar-refractivity contribution in [2.24, 2.45) is 0 Å². The van der Waals surface area contributed by atoms with E-state index in [1.54, 1.807) is 18.3 Å². The minimum atomic E-state index is -0.455. The smallest absolute Gasteiger partial charge is 0.270 e. The lowest BCUT2D eigenvalue weighted by Gasteiger charge is -2.10. The number of pyridine rings is 1. The molecule has 0 saturated heterocycles. The van der Waals surface area contributed by atoms with E-state index in [1.807, 2.05) is 31.2 Å². The molecule has 0 aliphatic carbocycles. The van der Waals surface area contributed by atoms with E-state index in [2.05, 4.69) is 24.1 Å². The van der Waals surface area contributed by atoms with Gasteiger partial charge in [-0.05, 0) is 48.2 Å². The van der Waals surface area contributed by atoms with E-state index in [9.17, 15) is 9.59 Å². The van der Waals surface area contributed by atoms with Crippen LogP contribution in [0.1, 0.15) is 41.3 Å². The molecular formula is C19H19N3O2. The molecule has 24 heavy (non-hydrogen) atoms. The van der Waals surface area contributed by atoms with Crippen LogP contribution in [0.3, 0.4) is 0 Å². The van der Waals surface area contributed by atoms with Crippen molar-refractivity contribution in [2.75, 3.05) is 5.32 Å². The van der Waals surface area contributed by atoms with Crippen molar-refractivity contribution in [1.82, 2.24) is 9.38 Å². The van der Waals surface area contributed by atoms with Gasteiger partial charge in [-0.1, -0.05) is 26.0 Å². The van der Waals surface area contributed by atoms with Gasteiger partial charge in [-0.2, -0.15) is 0 Å². The maximum atomic E-state index is 12.5.